The third-order valence-electron chi connectivity index (χ3n) is 13.3. The van der Waals surface area contributed by atoms with Crippen LogP contribution in [0.2, 0.25) is 0 Å². The second-order valence-electron chi connectivity index (χ2n) is 19.2. The second kappa shape index (κ2) is 44.7. The Morgan fingerprint density at radius 2 is 0.517 bits per heavy atom. The van der Waals surface area contributed by atoms with Gasteiger partial charge in [-0.1, -0.05) is 251 Å². The third kappa shape index (κ3) is 39.9. The van der Waals surface area contributed by atoms with Crippen molar-refractivity contribution in [2.45, 2.75) is 296 Å². The summed E-state index contributed by atoms with van der Waals surface area (Å²) < 4.78 is 32.7. The molecule has 0 unspecified atom stereocenters. The summed E-state index contributed by atoms with van der Waals surface area (Å²) in [6.45, 7) is 17.1. The van der Waals surface area contributed by atoms with Crippen molar-refractivity contribution in [3.63, 3.8) is 0 Å². The van der Waals surface area contributed by atoms with Crippen molar-refractivity contribution >= 4 is 10.1 Å². The summed E-state index contributed by atoms with van der Waals surface area (Å²) in [6, 6.07) is 5.78. The molecule has 0 atom stereocenters. The van der Waals surface area contributed by atoms with Crippen LogP contribution in [0.3, 0.4) is 0 Å². The van der Waals surface area contributed by atoms with E-state index < -0.39 is 10.1 Å². The molecule has 0 N–H and O–H groups in total. The van der Waals surface area contributed by atoms with Gasteiger partial charge in [0.1, 0.15) is 10.1 Å². The van der Waals surface area contributed by atoms with E-state index in [9.17, 15) is 13.0 Å². The second-order valence-corrected chi connectivity index (χ2v) is 20.6. The maximum absolute atomic E-state index is 10.4. The van der Waals surface area contributed by atoms with E-state index in [1.807, 2.05) is 6.92 Å². The molecule has 0 radical (unpaired) electrons. The minimum atomic E-state index is -4.27. The lowest BCUT2D eigenvalue weighted by Gasteiger charge is -2.40. The number of quaternary nitrogens is 1. The maximum atomic E-state index is 10.4. The van der Waals surface area contributed by atoms with E-state index in [2.05, 4.69) is 27.7 Å². The van der Waals surface area contributed by atoms with Crippen LogP contribution in [0.1, 0.15) is 290 Å². The summed E-state index contributed by atoms with van der Waals surface area (Å²) >= 11 is 0. The Hall–Kier alpha value is -0.910. The molecule has 0 aromatic heterocycles. The number of nitrogens with zero attached hydrogens (tertiary/aromatic N) is 1. The molecule has 1 rings (SSSR count). The van der Waals surface area contributed by atoms with Gasteiger partial charge in [0.05, 0.1) is 31.1 Å². The SMILES string of the molecule is CCCCCCCCCCCC[N+](CCCCCCCCCCCC)(CCCCCCCCCCCC)CCCCCCCCCCCC.Cc1ccc(S(=O)(=O)[O-])cc1. The number of aryl methyl sites for hydroxylation is 1. The molecule has 4 nitrogen and oxygen atoms in total. The molecule has 60 heavy (non-hydrogen) atoms. The average Bonchev–Trinajstić information content (AvgIpc) is 3.23. The van der Waals surface area contributed by atoms with Gasteiger partial charge in [-0.2, -0.15) is 0 Å². The molecule has 1 aromatic carbocycles. The van der Waals surface area contributed by atoms with Crippen LogP contribution >= 0.6 is 0 Å². The maximum Gasteiger partial charge on any atom is 0.124 e. The zero-order valence-electron chi connectivity index (χ0n) is 41.5. The Bertz CT molecular complexity index is 986. The van der Waals surface area contributed by atoms with E-state index in [4.69, 9.17) is 0 Å². The highest BCUT2D eigenvalue weighted by molar-refractivity contribution is 7.85. The van der Waals surface area contributed by atoms with Crippen molar-refractivity contribution in [3.8, 4) is 0 Å². The molecule has 1 aromatic rings. The summed E-state index contributed by atoms with van der Waals surface area (Å²) in [5.41, 5.74) is 0.928. The summed E-state index contributed by atoms with van der Waals surface area (Å²) in [7, 11) is -4.27. The summed E-state index contributed by atoms with van der Waals surface area (Å²) in [5, 5.41) is 0. The lowest BCUT2D eigenvalue weighted by Crippen LogP contribution is -2.50. The molecule has 0 spiro atoms. The molecule has 0 bridgehead atoms. The first-order valence-electron chi connectivity index (χ1n) is 27.1. The monoisotopic (exact) mass is 862 g/mol. The van der Waals surface area contributed by atoms with Gasteiger partial charge in [-0.25, -0.2) is 8.42 Å². The highest BCUT2D eigenvalue weighted by atomic mass is 32.2. The molecule has 0 aliphatic carbocycles. The van der Waals surface area contributed by atoms with Crippen LogP contribution in [0.4, 0.5) is 0 Å². The van der Waals surface area contributed by atoms with Crippen LogP contribution in [0.15, 0.2) is 29.2 Å². The van der Waals surface area contributed by atoms with E-state index in [0.717, 1.165) is 5.56 Å². The Balaban J connectivity index is 0.00000271. The number of rotatable bonds is 45. The molecule has 0 heterocycles. The van der Waals surface area contributed by atoms with E-state index in [1.54, 1.807) is 12.1 Å². The fourth-order valence-electron chi connectivity index (χ4n) is 9.11. The topological polar surface area (TPSA) is 57.2 Å². The largest absolute Gasteiger partial charge is 0.744 e. The molecule has 0 saturated carbocycles. The van der Waals surface area contributed by atoms with Crippen molar-refractivity contribution < 1.29 is 17.5 Å². The normalized spacial score (nSPS) is 11.9. The predicted molar refractivity (Wildman–Crippen MR) is 266 cm³/mol. The lowest BCUT2D eigenvalue weighted by atomic mass is 10.0. The molecular weight excluding hydrogens is 755 g/mol. The molecule has 0 fully saturated rings. The van der Waals surface area contributed by atoms with Crippen LogP contribution in [0.25, 0.3) is 0 Å². The van der Waals surface area contributed by atoms with Crippen molar-refractivity contribution in [1.29, 1.82) is 0 Å². The Labute approximate surface area is 378 Å². The van der Waals surface area contributed by atoms with Crippen LogP contribution in [0.5, 0.6) is 0 Å². The zero-order valence-corrected chi connectivity index (χ0v) is 42.3. The van der Waals surface area contributed by atoms with Crippen LogP contribution in [0, 0.1) is 6.92 Å². The van der Waals surface area contributed by atoms with Crippen molar-refractivity contribution in [3.05, 3.63) is 29.8 Å². The Morgan fingerprint density at radius 1 is 0.333 bits per heavy atom. The fraction of sp³-hybridized carbons (Fsp3) is 0.891. The third-order valence-corrected chi connectivity index (χ3v) is 14.1. The molecule has 0 aliphatic heterocycles. The van der Waals surface area contributed by atoms with Crippen LogP contribution < -0.4 is 0 Å². The van der Waals surface area contributed by atoms with Crippen LogP contribution in [-0.4, -0.2) is 43.6 Å². The van der Waals surface area contributed by atoms with E-state index in [-0.39, 0.29) is 4.90 Å². The van der Waals surface area contributed by atoms with Crippen molar-refractivity contribution in [2.75, 3.05) is 26.2 Å². The lowest BCUT2D eigenvalue weighted by molar-refractivity contribution is -0.929. The van der Waals surface area contributed by atoms with Gasteiger partial charge in [-0.15, -0.1) is 0 Å². The zero-order chi connectivity index (χ0) is 44.1. The van der Waals surface area contributed by atoms with Crippen molar-refractivity contribution in [2.24, 2.45) is 0 Å². The van der Waals surface area contributed by atoms with E-state index >= 15 is 0 Å². The van der Waals surface area contributed by atoms with Gasteiger partial charge in [-0.3, -0.25) is 0 Å². The van der Waals surface area contributed by atoms with Gasteiger partial charge < -0.3 is 9.04 Å². The first kappa shape index (κ1) is 59.1. The van der Waals surface area contributed by atoms with E-state index in [0.29, 0.717) is 0 Å². The first-order valence-corrected chi connectivity index (χ1v) is 28.5. The van der Waals surface area contributed by atoms with Crippen LogP contribution in [-0.2, 0) is 10.1 Å². The van der Waals surface area contributed by atoms with Gasteiger partial charge in [0.2, 0.25) is 0 Å². The molecule has 0 aliphatic rings. The molecule has 5 heteroatoms. The fourth-order valence-corrected chi connectivity index (χ4v) is 9.58. The minimum Gasteiger partial charge on any atom is -0.744 e. The van der Waals surface area contributed by atoms with Gasteiger partial charge in [0.15, 0.2) is 0 Å². The highest BCUT2D eigenvalue weighted by Crippen LogP contribution is 2.22. The van der Waals surface area contributed by atoms with Crippen molar-refractivity contribution in [1.82, 2.24) is 0 Å². The molecule has 0 amide bonds. The standard InChI is InChI=1S/C48H100N.C7H8O3S/c1-5-9-13-17-21-25-29-33-37-41-45-49(46-42-38-34-30-26-22-18-14-10-6-2,47-43-39-35-31-27-23-19-15-11-7-3)48-44-40-36-32-28-24-20-16-12-8-4;1-6-2-4-7(5-3-6)11(8,9)10/h5-48H2,1-4H3;2-5H,1H3,(H,8,9,10)/q+1;/p-1. The van der Waals surface area contributed by atoms with Gasteiger partial charge in [0, 0.05) is 0 Å². The quantitative estimate of drug-likeness (QED) is 0.0373. The summed E-state index contributed by atoms with van der Waals surface area (Å²) in [6.07, 6.45) is 58.7. The number of hydrogen-bond acceptors (Lipinski definition) is 3. The molecule has 0 saturated heterocycles. The molecule has 356 valence electrons. The Morgan fingerprint density at radius 3 is 0.700 bits per heavy atom. The number of benzene rings is 1. The smallest absolute Gasteiger partial charge is 0.124 e. The van der Waals surface area contributed by atoms with Gasteiger partial charge >= 0.3 is 0 Å². The average molecular weight is 863 g/mol. The highest BCUT2D eigenvalue weighted by Gasteiger charge is 2.25. The number of unbranched alkanes of at least 4 members (excludes halogenated alkanes) is 36. The minimum absolute atomic E-state index is 0.178. The molecular formula is C55H107NO3S. The Kier molecular flexibility index (Phi) is 44.0. The number of hydrogen-bond donors (Lipinski definition) is 0. The van der Waals surface area contributed by atoms with E-state index in [1.165, 1.54) is 300 Å². The summed E-state index contributed by atoms with van der Waals surface area (Å²) in [4.78, 5) is -0.178. The van der Waals surface area contributed by atoms with Gasteiger partial charge in [-0.05, 0) is 70.4 Å². The van der Waals surface area contributed by atoms with Gasteiger partial charge in [0.25, 0.3) is 0 Å². The first-order chi connectivity index (χ1) is 29.2. The summed E-state index contributed by atoms with van der Waals surface area (Å²) in [5.74, 6) is 0. The predicted octanol–water partition coefficient (Wildman–Crippen LogP) is 18.4.